The van der Waals surface area contributed by atoms with E-state index in [2.05, 4.69) is 29.3 Å². The number of thiocarbonyl (C=S) groups is 2. The molecule has 0 aromatic heterocycles. The van der Waals surface area contributed by atoms with Crippen molar-refractivity contribution in [3.8, 4) is 0 Å². The highest BCUT2D eigenvalue weighted by atomic mass is 32.1. The van der Waals surface area contributed by atoms with Gasteiger partial charge in [0, 0.05) is 7.05 Å². The first-order chi connectivity index (χ1) is 3.68. The molecular weight excluding hydrogens is 146 g/mol. The summed E-state index contributed by atoms with van der Waals surface area (Å²) in [5.41, 5.74) is 0.963. The fourth-order valence-corrected chi connectivity index (χ4v) is 0.280. The van der Waals surface area contributed by atoms with E-state index >= 15 is 0 Å². The van der Waals surface area contributed by atoms with Crippen LogP contribution in [-0.4, -0.2) is 22.8 Å². The molecule has 0 atom stereocenters. The lowest BCUT2D eigenvalue weighted by Gasteiger charge is -2.08. The van der Waals surface area contributed by atoms with Crippen LogP contribution in [0.25, 0.3) is 0 Å². The van der Waals surface area contributed by atoms with E-state index in [0.717, 1.165) is 10.6 Å². The lowest BCUT2D eigenvalue weighted by Crippen LogP contribution is -2.22. The summed E-state index contributed by atoms with van der Waals surface area (Å²) >= 11 is 8.42. The van der Waals surface area contributed by atoms with E-state index in [9.17, 15) is 5.11 Å². The van der Waals surface area contributed by atoms with Gasteiger partial charge in [-0.25, -0.2) is 0 Å². The van der Waals surface area contributed by atoms with Crippen LogP contribution >= 0.6 is 24.4 Å². The summed E-state index contributed by atoms with van der Waals surface area (Å²) in [6.45, 7) is 0. The summed E-state index contributed by atoms with van der Waals surface area (Å²) in [6.07, 6.45) is 0. The minimum absolute atomic E-state index is 0.592. The van der Waals surface area contributed by atoms with E-state index in [1.807, 2.05) is 0 Å². The Bertz CT molecular complexity index is 105. The zero-order valence-corrected chi connectivity index (χ0v) is 5.79. The molecule has 0 spiro atoms. The van der Waals surface area contributed by atoms with Crippen LogP contribution < -0.4 is 0 Å². The van der Waals surface area contributed by atoms with Gasteiger partial charge < -0.3 is 4.84 Å². The van der Waals surface area contributed by atoms with Crippen molar-refractivity contribution in [2.24, 2.45) is 0 Å². The Hall–Kier alpha value is -0.420. The highest BCUT2D eigenvalue weighted by Crippen LogP contribution is 1.82. The maximum Gasteiger partial charge on any atom is 0.345 e. The van der Waals surface area contributed by atoms with Crippen molar-refractivity contribution in [2.45, 2.75) is 0 Å². The summed E-state index contributed by atoms with van der Waals surface area (Å²) in [5.74, 6) is 0. The second kappa shape index (κ2) is 3.57. The SMILES string of the molecule is CN(OC=S)C([O])=S. The van der Waals surface area contributed by atoms with Gasteiger partial charge in [-0.2, -0.15) is 5.06 Å². The lowest BCUT2D eigenvalue weighted by molar-refractivity contribution is 0.0207. The summed E-state index contributed by atoms with van der Waals surface area (Å²) in [6, 6.07) is 0. The van der Waals surface area contributed by atoms with Gasteiger partial charge in [0.2, 0.25) is 0 Å². The molecule has 0 aliphatic rings. The van der Waals surface area contributed by atoms with Gasteiger partial charge in [0.15, 0.2) is 5.55 Å². The third kappa shape index (κ3) is 2.70. The third-order valence-corrected chi connectivity index (χ3v) is 0.801. The Morgan fingerprint density at radius 1 is 1.88 bits per heavy atom. The third-order valence-electron chi connectivity index (χ3n) is 0.458. The van der Waals surface area contributed by atoms with Crippen LogP contribution in [0, 0.1) is 0 Å². The second-order valence-corrected chi connectivity index (χ2v) is 1.51. The van der Waals surface area contributed by atoms with Crippen molar-refractivity contribution in [1.29, 1.82) is 0 Å². The number of hydroxylamine groups is 2. The Kier molecular flexibility index (Phi) is 3.38. The predicted octanol–water partition coefficient (Wildman–Crippen LogP) is 0.522. The summed E-state index contributed by atoms with van der Waals surface area (Å²) in [7, 11) is 1.39. The second-order valence-electron chi connectivity index (χ2n) is 0.965. The molecule has 5 heteroatoms. The standard InChI is InChI=1S/C3H4NO2S2/c1-4(3(5)8)6-2-7/h2H,1H3. The first kappa shape index (κ1) is 7.58. The lowest BCUT2D eigenvalue weighted by atomic mass is 11.1. The Labute approximate surface area is 57.8 Å². The van der Waals surface area contributed by atoms with Crippen LogP contribution in [0.3, 0.4) is 0 Å². The zero-order valence-electron chi connectivity index (χ0n) is 4.16. The maximum absolute atomic E-state index is 10.1. The molecule has 0 aromatic carbocycles. The van der Waals surface area contributed by atoms with Gasteiger partial charge in [-0.3, -0.25) is 5.11 Å². The average Bonchev–Trinajstić information content (AvgIpc) is 1.67. The minimum Gasteiger partial charge on any atom is -0.372 e. The van der Waals surface area contributed by atoms with E-state index in [0.29, 0.717) is 0 Å². The van der Waals surface area contributed by atoms with Crippen LogP contribution in [0.1, 0.15) is 0 Å². The van der Waals surface area contributed by atoms with Crippen molar-refractivity contribution in [3.63, 3.8) is 0 Å². The van der Waals surface area contributed by atoms with E-state index in [1.54, 1.807) is 0 Å². The molecule has 0 N–H and O–H groups in total. The van der Waals surface area contributed by atoms with Crippen molar-refractivity contribution in [3.05, 3.63) is 0 Å². The molecule has 0 amide bonds. The first-order valence-corrected chi connectivity index (χ1v) is 2.61. The topological polar surface area (TPSA) is 32.4 Å². The Balaban J connectivity index is 3.46. The van der Waals surface area contributed by atoms with E-state index in [4.69, 9.17) is 0 Å². The molecule has 1 radical (unpaired) electrons. The molecule has 0 rings (SSSR count). The molecule has 45 valence electrons. The van der Waals surface area contributed by atoms with Crippen molar-refractivity contribution < 1.29 is 9.94 Å². The molecule has 0 aromatic rings. The van der Waals surface area contributed by atoms with Crippen LogP contribution in [0.4, 0.5) is 0 Å². The van der Waals surface area contributed by atoms with Crippen molar-refractivity contribution >= 4 is 35.2 Å². The van der Waals surface area contributed by atoms with Gasteiger partial charge >= 0.3 is 5.17 Å². The Morgan fingerprint density at radius 2 is 2.38 bits per heavy atom. The summed E-state index contributed by atoms with van der Waals surface area (Å²) < 4.78 is 0. The molecule has 0 aliphatic carbocycles. The molecule has 8 heavy (non-hydrogen) atoms. The number of hydrogen-bond acceptors (Lipinski definition) is 3. The maximum atomic E-state index is 10.1. The van der Waals surface area contributed by atoms with Crippen LogP contribution in [0.15, 0.2) is 0 Å². The molecule has 3 nitrogen and oxygen atoms in total. The predicted molar refractivity (Wildman–Crippen MR) is 35.8 cm³/mol. The van der Waals surface area contributed by atoms with Crippen LogP contribution in [0.2, 0.25) is 0 Å². The molecule has 0 aliphatic heterocycles. The van der Waals surface area contributed by atoms with Gasteiger partial charge in [0.1, 0.15) is 0 Å². The molecule has 0 fully saturated rings. The largest absolute Gasteiger partial charge is 0.372 e. The highest BCUT2D eigenvalue weighted by Gasteiger charge is 1.99. The van der Waals surface area contributed by atoms with Gasteiger partial charge in [-0.1, -0.05) is 0 Å². The molecule has 0 bridgehead atoms. The fraction of sp³-hybridized carbons (Fsp3) is 0.333. The quantitative estimate of drug-likeness (QED) is 0.424. The monoisotopic (exact) mass is 150 g/mol. The molecular formula is C3H4NO2S2. The van der Waals surface area contributed by atoms with Crippen molar-refractivity contribution in [1.82, 2.24) is 5.06 Å². The van der Waals surface area contributed by atoms with Gasteiger partial charge in [0.05, 0.1) is 0 Å². The normalized spacial score (nSPS) is 7.62. The fourth-order valence-electron chi connectivity index (χ4n) is 0.108. The van der Waals surface area contributed by atoms with Gasteiger partial charge in [-0.15, -0.1) is 0 Å². The summed E-state index contributed by atoms with van der Waals surface area (Å²) in [4.78, 5) is 4.37. The van der Waals surface area contributed by atoms with E-state index in [1.165, 1.54) is 7.05 Å². The van der Waals surface area contributed by atoms with Crippen molar-refractivity contribution in [2.75, 3.05) is 7.05 Å². The minimum atomic E-state index is -0.592. The molecule has 0 saturated carbocycles. The smallest absolute Gasteiger partial charge is 0.345 e. The molecule has 0 saturated heterocycles. The van der Waals surface area contributed by atoms with Gasteiger partial charge in [0.25, 0.3) is 0 Å². The average molecular weight is 150 g/mol. The zero-order chi connectivity index (χ0) is 6.57. The summed E-state index contributed by atoms with van der Waals surface area (Å²) in [5, 5.41) is 10.4. The number of rotatable bonds is 2. The number of hydrogen-bond donors (Lipinski definition) is 0. The van der Waals surface area contributed by atoms with E-state index < -0.39 is 5.17 Å². The number of nitrogens with zero attached hydrogens (tertiary/aromatic N) is 1. The van der Waals surface area contributed by atoms with Crippen LogP contribution in [-0.2, 0) is 9.94 Å². The Morgan fingerprint density at radius 3 is 2.50 bits per heavy atom. The van der Waals surface area contributed by atoms with Crippen LogP contribution in [0.5, 0.6) is 0 Å². The highest BCUT2D eigenvalue weighted by molar-refractivity contribution is 7.79. The molecule has 0 heterocycles. The first-order valence-electron chi connectivity index (χ1n) is 1.73. The molecule has 0 unspecified atom stereocenters. The van der Waals surface area contributed by atoms with Gasteiger partial charge in [-0.05, 0) is 24.4 Å². The van der Waals surface area contributed by atoms with E-state index in [-0.39, 0.29) is 0 Å².